The molecule has 0 saturated carbocycles. The number of cyclic esters (lactones) is 1. The Hall–Kier alpha value is -2.64. The van der Waals surface area contributed by atoms with E-state index in [1.807, 2.05) is 20.8 Å². The molecule has 280 valence electrons. The number of benzene rings is 1. The first-order valence-electron chi connectivity index (χ1n) is 17.3. The third kappa shape index (κ3) is 11.7. The van der Waals surface area contributed by atoms with Crippen LogP contribution in [0.3, 0.4) is 0 Å². The van der Waals surface area contributed by atoms with E-state index in [0.717, 1.165) is 6.42 Å². The summed E-state index contributed by atoms with van der Waals surface area (Å²) in [5.41, 5.74) is -1.93. The zero-order valence-corrected chi connectivity index (χ0v) is 31.2. The molecule has 1 fully saturated rings. The number of esters is 2. The topological polar surface area (TPSA) is 147 Å². The van der Waals surface area contributed by atoms with Crippen LogP contribution in [0.2, 0.25) is 5.02 Å². The molecular formula is C38H55ClFNO9. The number of epoxide rings is 1. The van der Waals surface area contributed by atoms with Gasteiger partial charge in [0.25, 0.3) is 0 Å². The van der Waals surface area contributed by atoms with E-state index in [0.29, 0.717) is 11.1 Å². The number of rotatable bonds is 13. The summed E-state index contributed by atoms with van der Waals surface area (Å²) in [5.74, 6) is -2.01. The molecular weight excluding hydrogens is 669 g/mol. The van der Waals surface area contributed by atoms with Gasteiger partial charge in [0.15, 0.2) is 0 Å². The molecule has 2 aliphatic heterocycles. The first kappa shape index (κ1) is 41.8. The molecule has 0 bridgehead atoms. The zero-order valence-electron chi connectivity index (χ0n) is 30.4. The van der Waals surface area contributed by atoms with E-state index in [9.17, 15) is 29.3 Å². The van der Waals surface area contributed by atoms with E-state index in [2.05, 4.69) is 5.32 Å². The van der Waals surface area contributed by atoms with Gasteiger partial charge in [-0.3, -0.25) is 9.59 Å². The molecule has 10 nitrogen and oxygen atoms in total. The molecule has 3 rings (SSSR count). The van der Waals surface area contributed by atoms with Crippen molar-refractivity contribution in [1.29, 1.82) is 0 Å². The number of carbonyl (C=O) groups excluding carboxylic acids is 2. The van der Waals surface area contributed by atoms with Crippen molar-refractivity contribution in [2.24, 2.45) is 11.8 Å². The summed E-state index contributed by atoms with van der Waals surface area (Å²) >= 11 is 5.95. The first-order chi connectivity index (χ1) is 23.4. The predicted molar refractivity (Wildman–Crippen MR) is 189 cm³/mol. The van der Waals surface area contributed by atoms with Gasteiger partial charge in [0, 0.05) is 43.0 Å². The molecule has 11 atom stereocenters. The minimum atomic E-state index is -1.48. The number of aliphatic hydroxyl groups is 3. The first-order valence-corrected chi connectivity index (χ1v) is 17.7. The standard InChI is InChI=1S/C38H55ClFNO9/c1-9-30(47-8)24(4)34-35(50-34)36(41-21-26-13-14-27(39)19-29(26)40)38(7,46)17-10-11-22(2)33-23(3)12-15-31(48-25(5)42)37(6,45)18-16-28(43)20-32(44)49-33/h10-15,17,19,23-24,28,30-31,33-36,41,43,45-46H,9,16,18,20-21H2,1-8H3/b15-12+,17-10+,22-11+/t23-,24+,28+,30-,31-,33+,34+,35-,36?,37+,38?/m0/s1. The van der Waals surface area contributed by atoms with Crippen LogP contribution >= 0.6 is 11.6 Å². The Morgan fingerprint density at radius 3 is 2.60 bits per heavy atom. The van der Waals surface area contributed by atoms with Gasteiger partial charge in [0.1, 0.15) is 29.7 Å². The normalized spacial score (nSPS) is 31.8. The van der Waals surface area contributed by atoms with Crippen molar-refractivity contribution in [3.63, 3.8) is 0 Å². The van der Waals surface area contributed by atoms with E-state index in [-0.39, 0.29) is 55.1 Å². The summed E-state index contributed by atoms with van der Waals surface area (Å²) in [5, 5.41) is 37.0. The number of aliphatic hydroxyl groups excluding tert-OH is 1. The highest BCUT2D eigenvalue weighted by atomic mass is 35.5. The van der Waals surface area contributed by atoms with Crippen LogP contribution in [0, 0.1) is 17.7 Å². The molecule has 50 heavy (non-hydrogen) atoms. The van der Waals surface area contributed by atoms with Gasteiger partial charge >= 0.3 is 11.9 Å². The SMILES string of the molecule is CC[C@H](OC)[C@@H](C)[C@H]1O[C@@H]1C(NCc1ccc(Cl)cc1F)C(C)(O)/C=C/C=C(\C)[C@H]1OC(=O)C[C@H](O)CC[C@@](C)(O)[C@@H](OC(C)=O)/C=C/[C@@H]1C. The number of nitrogens with one attached hydrogen (secondary N) is 1. The largest absolute Gasteiger partial charge is 0.457 e. The van der Waals surface area contributed by atoms with Gasteiger partial charge in [-0.2, -0.15) is 0 Å². The number of methoxy groups -OCH3 is 1. The van der Waals surface area contributed by atoms with Gasteiger partial charge in [-0.05, 0) is 63.8 Å². The highest BCUT2D eigenvalue weighted by Crippen LogP contribution is 2.39. The molecule has 0 aromatic heterocycles. The molecule has 1 saturated heterocycles. The lowest BCUT2D eigenvalue weighted by molar-refractivity contribution is -0.157. The Labute approximate surface area is 300 Å². The van der Waals surface area contributed by atoms with E-state index < -0.39 is 59.2 Å². The fourth-order valence-corrected chi connectivity index (χ4v) is 6.71. The fourth-order valence-electron chi connectivity index (χ4n) is 6.56. The second-order valence-corrected chi connectivity index (χ2v) is 14.6. The summed E-state index contributed by atoms with van der Waals surface area (Å²) < 4.78 is 37.7. The van der Waals surface area contributed by atoms with Crippen LogP contribution in [0.15, 0.2) is 54.2 Å². The van der Waals surface area contributed by atoms with E-state index in [1.54, 1.807) is 63.5 Å². The van der Waals surface area contributed by atoms with Gasteiger partial charge in [-0.25, -0.2) is 4.39 Å². The monoisotopic (exact) mass is 723 g/mol. The highest BCUT2D eigenvalue weighted by molar-refractivity contribution is 6.30. The zero-order chi connectivity index (χ0) is 37.4. The summed E-state index contributed by atoms with van der Waals surface area (Å²) in [6.45, 7) is 12.2. The molecule has 1 aromatic rings. The van der Waals surface area contributed by atoms with Crippen molar-refractivity contribution in [3.05, 3.63) is 70.6 Å². The lowest BCUT2D eigenvalue weighted by atomic mass is 9.87. The third-order valence-corrected chi connectivity index (χ3v) is 9.95. The second kappa shape index (κ2) is 18.2. The lowest BCUT2D eigenvalue weighted by Gasteiger charge is -2.32. The highest BCUT2D eigenvalue weighted by Gasteiger charge is 2.54. The average molecular weight is 724 g/mol. The van der Waals surface area contributed by atoms with Gasteiger partial charge in [-0.1, -0.05) is 62.7 Å². The van der Waals surface area contributed by atoms with Crippen LogP contribution in [0.4, 0.5) is 4.39 Å². The second-order valence-electron chi connectivity index (χ2n) is 14.1. The van der Waals surface area contributed by atoms with Crippen LogP contribution in [-0.4, -0.2) is 88.2 Å². The predicted octanol–water partition coefficient (Wildman–Crippen LogP) is 5.35. The minimum Gasteiger partial charge on any atom is -0.457 e. The summed E-state index contributed by atoms with van der Waals surface area (Å²) in [7, 11) is 1.66. The Morgan fingerprint density at radius 2 is 1.98 bits per heavy atom. The molecule has 0 radical (unpaired) electrons. The summed E-state index contributed by atoms with van der Waals surface area (Å²) in [6.07, 6.45) is 5.56. The Bertz CT molecular complexity index is 1390. The van der Waals surface area contributed by atoms with E-state index in [1.165, 1.54) is 19.9 Å². The average Bonchev–Trinajstić information content (AvgIpc) is 3.82. The number of ether oxygens (including phenoxy) is 4. The maximum Gasteiger partial charge on any atom is 0.309 e. The molecule has 2 unspecified atom stereocenters. The van der Waals surface area contributed by atoms with Crippen molar-refractivity contribution in [2.45, 2.75) is 135 Å². The number of allylic oxidation sites excluding steroid dienone is 2. The van der Waals surface area contributed by atoms with Crippen LogP contribution < -0.4 is 5.32 Å². The molecule has 1 aromatic carbocycles. The van der Waals surface area contributed by atoms with E-state index >= 15 is 0 Å². The van der Waals surface area contributed by atoms with Gasteiger partial charge < -0.3 is 39.6 Å². The van der Waals surface area contributed by atoms with Crippen molar-refractivity contribution < 1.29 is 48.2 Å². The minimum absolute atomic E-state index is 0.0355. The van der Waals surface area contributed by atoms with Gasteiger partial charge in [0.2, 0.25) is 0 Å². The third-order valence-electron chi connectivity index (χ3n) is 9.72. The molecule has 2 aliphatic rings. The number of halogens is 2. The van der Waals surface area contributed by atoms with Crippen molar-refractivity contribution in [1.82, 2.24) is 5.32 Å². The molecule has 0 amide bonds. The molecule has 2 heterocycles. The van der Waals surface area contributed by atoms with E-state index in [4.69, 9.17) is 30.5 Å². The smallest absolute Gasteiger partial charge is 0.309 e. The number of carbonyl (C=O) groups is 2. The quantitative estimate of drug-likeness (QED) is 0.0909. The molecule has 4 N–H and O–H groups in total. The van der Waals surface area contributed by atoms with Crippen molar-refractivity contribution >= 4 is 23.5 Å². The Morgan fingerprint density at radius 1 is 1.28 bits per heavy atom. The van der Waals surface area contributed by atoms with Crippen LogP contribution in [0.1, 0.15) is 79.7 Å². The molecule has 12 heteroatoms. The maximum atomic E-state index is 14.7. The van der Waals surface area contributed by atoms with Gasteiger partial charge in [0.05, 0.1) is 36.4 Å². The Kier molecular flexibility index (Phi) is 15.2. The number of hydrogen-bond donors (Lipinski definition) is 4. The van der Waals surface area contributed by atoms with Crippen molar-refractivity contribution in [2.75, 3.05) is 7.11 Å². The lowest BCUT2D eigenvalue weighted by Crippen LogP contribution is -2.52. The molecule has 0 aliphatic carbocycles. The van der Waals surface area contributed by atoms with Crippen LogP contribution in [0.5, 0.6) is 0 Å². The maximum absolute atomic E-state index is 14.7. The number of hydrogen-bond acceptors (Lipinski definition) is 10. The van der Waals surface area contributed by atoms with Crippen molar-refractivity contribution in [3.8, 4) is 0 Å². The Balaban J connectivity index is 1.89. The fraction of sp³-hybridized carbons (Fsp3) is 0.632. The summed E-state index contributed by atoms with van der Waals surface area (Å²) in [4.78, 5) is 24.7. The van der Waals surface area contributed by atoms with Gasteiger partial charge in [-0.15, -0.1) is 0 Å². The summed E-state index contributed by atoms with van der Waals surface area (Å²) in [6, 6.07) is 3.81. The van der Waals surface area contributed by atoms with Crippen LogP contribution in [0.25, 0.3) is 0 Å². The molecule has 0 spiro atoms. The van der Waals surface area contributed by atoms with Crippen LogP contribution in [-0.2, 0) is 35.1 Å².